The first-order chi connectivity index (χ1) is 20.1. The highest BCUT2D eigenvalue weighted by Crippen LogP contribution is 2.30. The number of anilines is 1. The third-order valence-electron chi connectivity index (χ3n) is 6.62. The average Bonchev–Trinajstić information content (AvgIpc) is 3.45. The molecule has 0 unspecified atom stereocenters. The van der Waals surface area contributed by atoms with Gasteiger partial charge in [-0.15, -0.1) is 0 Å². The maximum atomic E-state index is 13.5. The number of nitrogens with one attached hydrogen (secondary N) is 2. The second-order valence-electron chi connectivity index (χ2n) is 11.2. The molecule has 2 N–H and O–H groups in total. The van der Waals surface area contributed by atoms with E-state index in [4.69, 9.17) is 19.2 Å². The minimum absolute atomic E-state index is 0.268. The number of carbonyl (C=O) groups excluding carboxylic acids is 2. The number of nitrogens with zero attached hydrogens (tertiary/aromatic N) is 5. The van der Waals surface area contributed by atoms with Crippen molar-refractivity contribution in [2.45, 2.75) is 59.1 Å². The summed E-state index contributed by atoms with van der Waals surface area (Å²) in [5.41, 5.74) is 3.54. The van der Waals surface area contributed by atoms with Gasteiger partial charge in [-0.2, -0.15) is 5.10 Å². The molecular formula is C30H37N7O5. The first-order valence-corrected chi connectivity index (χ1v) is 14.1. The number of ether oxygens (including phenoxy) is 3. The minimum Gasteiger partial charge on any atom is -0.492 e. The van der Waals surface area contributed by atoms with E-state index in [1.165, 1.54) is 0 Å². The molecule has 12 heteroatoms. The van der Waals surface area contributed by atoms with Gasteiger partial charge in [0.1, 0.15) is 18.0 Å². The van der Waals surface area contributed by atoms with Crippen molar-refractivity contribution >= 4 is 29.0 Å². The average molecular weight is 576 g/mol. The first kappa shape index (κ1) is 28.9. The van der Waals surface area contributed by atoms with Gasteiger partial charge >= 0.3 is 6.09 Å². The zero-order valence-corrected chi connectivity index (χ0v) is 24.7. The van der Waals surface area contributed by atoms with Gasteiger partial charge in [-0.25, -0.2) is 14.5 Å². The number of alkyl carbamates (subject to hydrolysis) is 1. The Morgan fingerprint density at radius 1 is 1.14 bits per heavy atom. The topological polar surface area (TPSA) is 134 Å². The van der Waals surface area contributed by atoms with E-state index < -0.39 is 11.7 Å². The number of hydrogen-bond donors (Lipinski definition) is 2. The van der Waals surface area contributed by atoms with E-state index in [2.05, 4.69) is 20.7 Å². The number of imidazole rings is 1. The van der Waals surface area contributed by atoms with Gasteiger partial charge in [0.15, 0.2) is 0 Å². The molecular weight excluding hydrogens is 538 g/mol. The molecule has 5 rings (SSSR count). The maximum absolute atomic E-state index is 13.5. The summed E-state index contributed by atoms with van der Waals surface area (Å²) in [5.74, 6) is 1.43. The molecule has 222 valence electrons. The highest BCUT2D eigenvalue weighted by Gasteiger charge is 2.20. The van der Waals surface area contributed by atoms with Gasteiger partial charge in [-0.3, -0.25) is 15.1 Å². The SMILES string of the molecule is Cc1cc2cc(n1)-c1cnn(C)c1OCCCCCn1c(nc3ccc(OCCNC(=O)OC(C)(C)C)cc31)NC2=O. The summed E-state index contributed by atoms with van der Waals surface area (Å²) in [6, 6.07) is 9.09. The van der Waals surface area contributed by atoms with Crippen LogP contribution in [0.15, 0.2) is 36.5 Å². The van der Waals surface area contributed by atoms with E-state index in [1.807, 2.05) is 57.5 Å². The van der Waals surface area contributed by atoms with Gasteiger partial charge in [0.2, 0.25) is 11.8 Å². The highest BCUT2D eigenvalue weighted by atomic mass is 16.6. The van der Waals surface area contributed by atoms with Crippen LogP contribution in [-0.2, 0) is 18.3 Å². The van der Waals surface area contributed by atoms with Crippen LogP contribution in [0.1, 0.15) is 56.1 Å². The third kappa shape index (κ3) is 6.81. The lowest BCUT2D eigenvalue weighted by Gasteiger charge is -2.19. The van der Waals surface area contributed by atoms with Gasteiger partial charge in [-0.05, 0) is 71.2 Å². The number of hydrogen-bond acceptors (Lipinski definition) is 8. The van der Waals surface area contributed by atoms with Crippen molar-refractivity contribution in [1.29, 1.82) is 0 Å². The molecule has 2 amide bonds. The van der Waals surface area contributed by atoms with Crippen molar-refractivity contribution in [2.24, 2.45) is 7.05 Å². The summed E-state index contributed by atoms with van der Waals surface area (Å²) >= 11 is 0. The smallest absolute Gasteiger partial charge is 0.407 e. The predicted molar refractivity (Wildman–Crippen MR) is 158 cm³/mol. The third-order valence-corrected chi connectivity index (χ3v) is 6.62. The number of benzene rings is 1. The van der Waals surface area contributed by atoms with Crippen LogP contribution in [0.2, 0.25) is 0 Å². The Labute approximate surface area is 244 Å². The van der Waals surface area contributed by atoms with Crippen molar-refractivity contribution in [3.63, 3.8) is 0 Å². The van der Waals surface area contributed by atoms with Crippen molar-refractivity contribution < 1.29 is 23.8 Å². The summed E-state index contributed by atoms with van der Waals surface area (Å²) in [5, 5.41) is 10.1. The Morgan fingerprint density at radius 3 is 2.79 bits per heavy atom. The number of aryl methyl sites for hydroxylation is 3. The minimum atomic E-state index is -0.564. The fourth-order valence-corrected chi connectivity index (χ4v) is 4.75. The number of carbonyl (C=O) groups is 2. The monoisotopic (exact) mass is 575 g/mol. The normalized spacial score (nSPS) is 14.1. The number of fused-ring (bicyclic) bond motifs is 7. The van der Waals surface area contributed by atoms with Gasteiger partial charge in [-0.1, -0.05) is 0 Å². The van der Waals surface area contributed by atoms with Crippen molar-refractivity contribution in [2.75, 3.05) is 25.1 Å². The Morgan fingerprint density at radius 2 is 1.98 bits per heavy atom. The molecule has 42 heavy (non-hydrogen) atoms. The van der Waals surface area contributed by atoms with Crippen LogP contribution in [0.3, 0.4) is 0 Å². The lowest BCUT2D eigenvalue weighted by Crippen LogP contribution is -2.34. The van der Waals surface area contributed by atoms with Gasteiger partial charge in [0.05, 0.1) is 41.6 Å². The molecule has 0 saturated carbocycles. The lowest BCUT2D eigenvalue weighted by atomic mass is 10.1. The van der Waals surface area contributed by atoms with E-state index in [1.54, 1.807) is 23.0 Å². The standard InChI is InChI=1S/C30H37N7O5/c1-19-15-20-16-24(33-19)22-18-32-36(5)27(22)41-13-8-6-7-12-37-25-17-21(9-10-23(25)34-28(37)35-26(20)38)40-14-11-31-29(39)42-30(2,3)4/h9-10,15-18H,6-8,11-14H2,1-5H3,(H,31,39)(H,34,35,38). The molecule has 4 heterocycles. The van der Waals surface area contributed by atoms with Crippen LogP contribution in [0, 0.1) is 6.92 Å². The van der Waals surface area contributed by atoms with E-state index >= 15 is 0 Å². The molecule has 0 aliphatic carbocycles. The van der Waals surface area contributed by atoms with Crippen LogP contribution in [-0.4, -0.2) is 61.7 Å². The largest absolute Gasteiger partial charge is 0.492 e. The maximum Gasteiger partial charge on any atom is 0.407 e. The fraction of sp³-hybridized carbons (Fsp3) is 0.433. The predicted octanol–water partition coefficient (Wildman–Crippen LogP) is 4.86. The first-order valence-electron chi connectivity index (χ1n) is 14.1. The van der Waals surface area contributed by atoms with Crippen LogP contribution in [0.5, 0.6) is 11.6 Å². The number of pyridine rings is 1. The molecule has 0 radical (unpaired) electrons. The molecule has 1 aliphatic heterocycles. The van der Waals surface area contributed by atoms with Crippen LogP contribution in [0.25, 0.3) is 22.3 Å². The Kier molecular flexibility index (Phi) is 8.32. The zero-order chi connectivity index (χ0) is 29.9. The summed E-state index contributed by atoms with van der Waals surface area (Å²) in [4.78, 5) is 34.8. The van der Waals surface area contributed by atoms with Crippen molar-refractivity contribution in [1.82, 2.24) is 29.6 Å². The van der Waals surface area contributed by atoms with Crippen molar-refractivity contribution in [3.05, 3.63) is 47.8 Å². The second kappa shape index (κ2) is 12.1. The van der Waals surface area contributed by atoms with E-state index in [0.29, 0.717) is 54.2 Å². The molecule has 0 saturated heterocycles. The molecule has 12 nitrogen and oxygen atoms in total. The number of amides is 2. The van der Waals surface area contributed by atoms with Crippen molar-refractivity contribution in [3.8, 4) is 22.9 Å². The highest BCUT2D eigenvalue weighted by molar-refractivity contribution is 6.04. The molecule has 1 aromatic carbocycles. The summed E-state index contributed by atoms with van der Waals surface area (Å²) in [6.07, 6.45) is 3.85. The summed E-state index contributed by atoms with van der Waals surface area (Å²) < 4.78 is 21.0. The molecule has 0 atom stereocenters. The molecule has 3 aromatic heterocycles. The Balaban J connectivity index is 1.38. The van der Waals surface area contributed by atoms with Gasteiger partial charge in [0, 0.05) is 30.9 Å². The Bertz CT molecular complexity index is 1600. The number of rotatable bonds is 4. The van der Waals surface area contributed by atoms with E-state index in [9.17, 15) is 9.59 Å². The molecule has 1 aliphatic rings. The molecule has 0 spiro atoms. The lowest BCUT2D eigenvalue weighted by molar-refractivity contribution is 0.0520. The molecule has 0 fully saturated rings. The summed E-state index contributed by atoms with van der Waals surface area (Å²) in [7, 11) is 1.83. The van der Waals surface area contributed by atoms with Gasteiger partial charge in [0.25, 0.3) is 5.91 Å². The van der Waals surface area contributed by atoms with Crippen LogP contribution in [0.4, 0.5) is 10.7 Å². The second-order valence-corrected chi connectivity index (χ2v) is 11.2. The van der Waals surface area contributed by atoms with Gasteiger partial charge < -0.3 is 24.1 Å². The van der Waals surface area contributed by atoms with Crippen LogP contribution < -0.4 is 20.1 Å². The van der Waals surface area contributed by atoms with E-state index in [0.717, 1.165) is 35.9 Å². The van der Waals surface area contributed by atoms with E-state index in [-0.39, 0.29) is 12.5 Å². The summed E-state index contributed by atoms with van der Waals surface area (Å²) in [6.45, 7) is 9.04. The molecule has 2 bridgehead atoms. The quantitative estimate of drug-likeness (QED) is 0.330. The Hall–Kier alpha value is -4.61. The zero-order valence-electron chi connectivity index (χ0n) is 24.7. The molecule has 4 aromatic rings. The van der Waals surface area contributed by atoms with Crippen LogP contribution >= 0.6 is 0 Å². The fourth-order valence-electron chi connectivity index (χ4n) is 4.75. The number of aromatic nitrogens is 5.